The summed E-state index contributed by atoms with van der Waals surface area (Å²) >= 11 is 0. The number of nitrogens with two attached hydrogens (primary N) is 1. The molecule has 18 heavy (non-hydrogen) atoms. The van der Waals surface area contributed by atoms with Gasteiger partial charge in [0, 0.05) is 18.7 Å². The van der Waals surface area contributed by atoms with Crippen LogP contribution in [-0.2, 0) is 0 Å². The molecule has 5 heteroatoms. The quantitative estimate of drug-likeness (QED) is 0.461. The number of hydrogen-bond acceptors (Lipinski definition) is 4. The second-order valence-electron chi connectivity index (χ2n) is 5.13. The molecule has 0 spiro atoms. The lowest BCUT2D eigenvalue weighted by Gasteiger charge is -2.16. The van der Waals surface area contributed by atoms with Crippen LogP contribution in [0.1, 0.15) is 32.6 Å². The Labute approximate surface area is 107 Å². The Balaban J connectivity index is 2.00. The predicted octanol–water partition coefficient (Wildman–Crippen LogP) is 3.17. The fourth-order valence-electron chi connectivity index (χ4n) is 2.33. The van der Waals surface area contributed by atoms with E-state index in [1.807, 2.05) is 0 Å². The minimum absolute atomic E-state index is 0.0349. The molecule has 5 nitrogen and oxygen atoms in total. The van der Waals surface area contributed by atoms with Crippen LogP contribution in [0.3, 0.4) is 0 Å². The van der Waals surface area contributed by atoms with Gasteiger partial charge in [-0.05, 0) is 30.7 Å². The normalized spacial score (nSPS) is 16.3. The van der Waals surface area contributed by atoms with Crippen molar-refractivity contribution >= 4 is 17.1 Å². The summed E-state index contributed by atoms with van der Waals surface area (Å²) in [7, 11) is 0. The average Bonchev–Trinajstić information content (AvgIpc) is 3.08. The van der Waals surface area contributed by atoms with E-state index in [0.29, 0.717) is 11.1 Å². The summed E-state index contributed by atoms with van der Waals surface area (Å²) in [6.07, 6.45) is 4.95. The lowest BCUT2D eigenvalue weighted by molar-refractivity contribution is -0.384. The van der Waals surface area contributed by atoms with Gasteiger partial charge in [0.25, 0.3) is 5.69 Å². The van der Waals surface area contributed by atoms with Gasteiger partial charge in [-0.1, -0.05) is 13.3 Å². The van der Waals surface area contributed by atoms with Crippen LogP contribution in [0.4, 0.5) is 17.1 Å². The molecule has 0 atom stereocenters. The number of hydrogen-bond donors (Lipinski definition) is 2. The number of non-ortho nitro benzene ring substituents is 1. The van der Waals surface area contributed by atoms with Gasteiger partial charge < -0.3 is 11.1 Å². The zero-order valence-electron chi connectivity index (χ0n) is 10.6. The number of rotatable bonds is 6. The van der Waals surface area contributed by atoms with Crippen molar-refractivity contribution in [1.82, 2.24) is 0 Å². The van der Waals surface area contributed by atoms with Gasteiger partial charge in [-0.3, -0.25) is 10.1 Å². The third kappa shape index (κ3) is 2.72. The highest BCUT2D eigenvalue weighted by molar-refractivity contribution is 5.69. The molecule has 3 N–H and O–H groups in total. The molecule has 0 saturated heterocycles. The molecule has 1 aliphatic carbocycles. The smallest absolute Gasteiger partial charge is 0.271 e. The van der Waals surface area contributed by atoms with Crippen LogP contribution in [0.25, 0.3) is 0 Å². The third-order valence-corrected chi connectivity index (χ3v) is 3.64. The van der Waals surface area contributed by atoms with Crippen LogP contribution >= 0.6 is 0 Å². The summed E-state index contributed by atoms with van der Waals surface area (Å²) in [6, 6.07) is 4.58. The third-order valence-electron chi connectivity index (χ3n) is 3.64. The Bertz CT molecular complexity index is 456. The monoisotopic (exact) mass is 249 g/mol. The molecule has 1 aromatic rings. The number of nitrogens with one attached hydrogen (secondary N) is 1. The summed E-state index contributed by atoms with van der Waals surface area (Å²) < 4.78 is 0. The van der Waals surface area contributed by atoms with Crippen molar-refractivity contribution in [3.63, 3.8) is 0 Å². The Morgan fingerprint density at radius 3 is 2.72 bits per heavy atom. The highest BCUT2D eigenvalue weighted by atomic mass is 16.6. The van der Waals surface area contributed by atoms with E-state index in [1.165, 1.54) is 37.8 Å². The number of nitro benzene ring substituents is 1. The number of nitrogen functional groups attached to an aromatic ring is 1. The molecule has 1 fully saturated rings. The second-order valence-corrected chi connectivity index (χ2v) is 5.13. The number of anilines is 2. The number of nitro groups is 1. The van der Waals surface area contributed by atoms with Gasteiger partial charge in [0.15, 0.2) is 0 Å². The van der Waals surface area contributed by atoms with E-state index in [-0.39, 0.29) is 5.69 Å². The zero-order valence-corrected chi connectivity index (χ0v) is 10.6. The molecule has 1 aromatic carbocycles. The summed E-state index contributed by atoms with van der Waals surface area (Å²) in [5.74, 6) is 0. The number of benzene rings is 1. The Hall–Kier alpha value is -1.78. The van der Waals surface area contributed by atoms with Gasteiger partial charge in [-0.2, -0.15) is 0 Å². The lowest BCUT2D eigenvalue weighted by atomic mass is 10.0. The summed E-state index contributed by atoms with van der Waals surface area (Å²) in [4.78, 5) is 10.2. The topological polar surface area (TPSA) is 81.2 Å². The Kier molecular flexibility index (Phi) is 3.41. The molecular weight excluding hydrogens is 230 g/mol. The molecule has 1 aliphatic rings. The van der Waals surface area contributed by atoms with Crippen molar-refractivity contribution in [2.45, 2.75) is 32.6 Å². The van der Waals surface area contributed by atoms with Gasteiger partial charge in [0.05, 0.1) is 16.3 Å². The minimum Gasteiger partial charge on any atom is -0.397 e. The highest BCUT2D eigenvalue weighted by Crippen LogP contribution is 2.49. The SMILES string of the molecule is CCCC1(CNc2ccc([N+](=O)[O-])cc2N)CC1. The molecule has 0 heterocycles. The van der Waals surface area contributed by atoms with Crippen molar-refractivity contribution in [1.29, 1.82) is 0 Å². The Morgan fingerprint density at radius 1 is 1.50 bits per heavy atom. The highest BCUT2D eigenvalue weighted by Gasteiger charge is 2.41. The van der Waals surface area contributed by atoms with Crippen molar-refractivity contribution in [2.75, 3.05) is 17.6 Å². The molecule has 2 rings (SSSR count). The summed E-state index contributed by atoms with van der Waals surface area (Å²) in [5, 5.41) is 13.9. The maximum Gasteiger partial charge on any atom is 0.271 e. The number of nitrogens with zero attached hydrogens (tertiary/aromatic N) is 1. The van der Waals surface area contributed by atoms with E-state index >= 15 is 0 Å². The first kappa shape index (κ1) is 12.7. The van der Waals surface area contributed by atoms with Crippen molar-refractivity contribution in [2.24, 2.45) is 5.41 Å². The fraction of sp³-hybridized carbons (Fsp3) is 0.538. The maximum atomic E-state index is 10.6. The van der Waals surface area contributed by atoms with Crippen LogP contribution in [0.5, 0.6) is 0 Å². The molecule has 0 bridgehead atoms. The van der Waals surface area contributed by atoms with Crippen LogP contribution in [0, 0.1) is 15.5 Å². The van der Waals surface area contributed by atoms with Crippen molar-refractivity contribution in [3.8, 4) is 0 Å². The summed E-state index contributed by atoms with van der Waals surface area (Å²) in [5.41, 5.74) is 7.52. The molecule has 0 unspecified atom stereocenters. The molecule has 1 saturated carbocycles. The molecular formula is C13H19N3O2. The molecule has 0 aliphatic heterocycles. The second kappa shape index (κ2) is 4.84. The van der Waals surface area contributed by atoms with E-state index < -0.39 is 4.92 Å². The lowest BCUT2D eigenvalue weighted by Crippen LogP contribution is -2.16. The minimum atomic E-state index is -0.431. The van der Waals surface area contributed by atoms with E-state index in [0.717, 1.165) is 12.2 Å². The van der Waals surface area contributed by atoms with Crippen LogP contribution < -0.4 is 11.1 Å². The molecule has 0 radical (unpaired) electrons. The zero-order chi connectivity index (χ0) is 13.2. The van der Waals surface area contributed by atoms with Gasteiger partial charge in [0.2, 0.25) is 0 Å². The van der Waals surface area contributed by atoms with Gasteiger partial charge >= 0.3 is 0 Å². The average molecular weight is 249 g/mol. The van der Waals surface area contributed by atoms with Gasteiger partial charge in [-0.15, -0.1) is 0 Å². The largest absolute Gasteiger partial charge is 0.397 e. The van der Waals surface area contributed by atoms with Gasteiger partial charge in [0.1, 0.15) is 0 Å². The molecule has 0 aromatic heterocycles. The van der Waals surface area contributed by atoms with E-state index in [4.69, 9.17) is 5.73 Å². The summed E-state index contributed by atoms with van der Waals surface area (Å²) in [6.45, 7) is 3.10. The molecule has 0 amide bonds. The molecule has 98 valence electrons. The van der Waals surface area contributed by atoms with Crippen molar-refractivity contribution in [3.05, 3.63) is 28.3 Å². The standard InChI is InChI=1S/C13H19N3O2/c1-2-5-13(6-7-13)9-15-12-4-3-10(16(17)18)8-11(12)14/h3-4,8,15H,2,5-7,9,14H2,1H3. The van der Waals surface area contributed by atoms with Crippen LogP contribution in [0.15, 0.2) is 18.2 Å². The Morgan fingerprint density at radius 2 is 2.22 bits per heavy atom. The van der Waals surface area contributed by atoms with Gasteiger partial charge in [-0.25, -0.2) is 0 Å². The van der Waals surface area contributed by atoms with E-state index in [1.54, 1.807) is 6.07 Å². The first-order valence-corrected chi connectivity index (χ1v) is 6.34. The predicted molar refractivity (Wildman–Crippen MR) is 72.6 cm³/mol. The van der Waals surface area contributed by atoms with Crippen LogP contribution in [-0.4, -0.2) is 11.5 Å². The first-order chi connectivity index (χ1) is 8.56. The first-order valence-electron chi connectivity index (χ1n) is 6.34. The fourth-order valence-corrected chi connectivity index (χ4v) is 2.33. The van der Waals surface area contributed by atoms with Crippen molar-refractivity contribution < 1.29 is 4.92 Å². The van der Waals surface area contributed by atoms with Crippen LogP contribution in [0.2, 0.25) is 0 Å². The van der Waals surface area contributed by atoms with E-state index in [2.05, 4.69) is 12.2 Å². The van der Waals surface area contributed by atoms with E-state index in [9.17, 15) is 10.1 Å². The maximum absolute atomic E-state index is 10.6.